The van der Waals surface area contributed by atoms with Gasteiger partial charge in [0, 0.05) is 19.6 Å². The van der Waals surface area contributed by atoms with Crippen LogP contribution in [0.5, 0.6) is 5.75 Å². The van der Waals surface area contributed by atoms with Gasteiger partial charge in [-0.2, -0.15) is 0 Å². The Bertz CT molecular complexity index is 906. The number of nitrogens with zero attached hydrogens (tertiary/aromatic N) is 1. The molecule has 0 aromatic heterocycles. The van der Waals surface area contributed by atoms with Crippen LogP contribution in [-0.4, -0.2) is 42.4 Å². The van der Waals surface area contributed by atoms with Crippen molar-refractivity contribution in [2.75, 3.05) is 26.2 Å². The van der Waals surface area contributed by atoms with Crippen LogP contribution < -0.4 is 4.74 Å². The Balaban J connectivity index is 1.35. The summed E-state index contributed by atoms with van der Waals surface area (Å²) in [5.41, 5.74) is 6.72. The van der Waals surface area contributed by atoms with Gasteiger partial charge in [0.2, 0.25) is 0 Å². The molecule has 1 N–H and O–H groups in total. The lowest BCUT2D eigenvalue weighted by molar-refractivity contribution is 0.179. The number of hydrogen-bond donors (Lipinski definition) is 1. The molecule has 1 saturated heterocycles. The molecule has 0 radical (unpaired) electrons. The number of aliphatic hydroxyl groups is 1. The first-order valence-electron chi connectivity index (χ1n) is 11.1. The SMILES string of the molecule is CC1=C(CN2CCC(O)C2)CCc2cc(OC[C@H](C)Cc3ccc(F)cc3)ccc21. The summed E-state index contributed by atoms with van der Waals surface area (Å²) in [5.74, 6) is 1.09. The van der Waals surface area contributed by atoms with Gasteiger partial charge in [0.1, 0.15) is 11.6 Å². The number of halogens is 1. The maximum atomic E-state index is 13.1. The third-order valence-electron chi connectivity index (χ3n) is 6.40. The quantitative estimate of drug-likeness (QED) is 0.708. The second kappa shape index (κ2) is 9.32. The van der Waals surface area contributed by atoms with E-state index in [0.29, 0.717) is 12.5 Å². The van der Waals surface area contributed by atoms with Crippen LogP contribution in [0.25, 0.3) is 5.57 Å². The lowest BCUT2D eigenvalue weighted by atomic mass is 9.86. The lowest BCUT2D eigenvalue weighted by Gasteiger charge is -2.25. The van der Waals surface area contributed by atoms with E-state index in [0.717, 1.165) is 56.6 Å². The van der Waals surface area contributed by atoms with E-state index in [2.05, 4.69) is 36.9 Å². The molecule has 0 saturated carbocycles. The van der Waals surface area contributed by atoms with Crippen LogP contribution >= 0.6 is 0 Å². The van der Waals surface area contributed by atoms with E-state index < -0.39 is 0 Å². The highest BCUT2D eigenvalue weighted by Crippen LogP contribution is 2.34. The van der Waals surface area contributed by atoms with Crippen molar-refractivity contribution in [2.24, 2.45) is 5.92 Å². The molecule has 3 nitrogen and oxygen atoms in total. The Kier molecular flexibility index (Phi) is 6.55. The van der Waals surface area contributed by atoms with Gasteiger partial charge in [0.05, 0.1) is 12.7 Å². The van der Waals surface area contributed by atoms with Crippen LogP contribution in [0.3, 0.4) is 0 Å². The van der Waals surface area contributed by atoms with E-state index in [1.54, 1.807) is 0 Å². The van der Waals surface area contributed by atoms with Crippen molar-refractivity contribution in [3.05, 3.63) is 70.5 Å². The minimum absolute atomic E-state index is 0.160. The molecule has 1 heterocycles. The topological polar surface area (TPSA) is 32.7 Å². The van der Waals surface area contributed by atoms with Crippen molar-refractivity contribution in [3.63, 3.8) is 0 Å². The summed E-state index contributed by atoms with van der Waals surface area (Å²) < 4.78 is 19.1. The second-order valence-corrected chi connectivity index (χ2v) is 8.97. The molecule has 0 spiro atoms. The van der Waals surface area contributed by atoms with E-state index in [-0.39, 0.29) is 11.9 Å². The van der Waals surface area contributed by atoms with Crippen molar-refractivity contribution in [1.29, 1.82) is 0 Å². The number of hydrogen-bond acceptors (Lipinski definition) is 3. The number of rotatable bonds is 7. The van der Waals surface area contributed by atoms with E-state index in [1.165, 1.54) is 34.4 Å². The van der Waals surface area contributed by atoms with Crippen LogP contribution in [-0.2, 0) is 12.8 Å². The van der Waals surface area contributed by atoms with Crippen LogP contribution in [0.2, 0.25) is 0 Å². The molecule has 0 bridgehead atoms. The number of allylic oxidation sites excluding steroid dienone is 1. The summed E-state index contributed by atoms with van der Waals surface area (Å²) in [6.45, 7) is 7.80. The molecular formula is C26H32FNO2. The van der Waals surface area contributed by atoms with Gasteiger partial charge in [0.25, 0.3) is 0 Å². The van der Waals surface area contributed by atoms with Crippen LogP contribution in [0.4, 0.5) is 4.39 Å². The molecule has 4 heteroatoms. The number of likely N-dealkylation sites (tertiary alicyclic amines) is 1. The van der Waals surface area contributed by atoms with Gasteiger partial charge in [-0.25, -0.2) is 4.39 Å². The Morgan fingerprint density at radius 2 is 1.97 bits per heavy atom. The first kappa shape index (κ1) is 21.1. The average molecular weight is 410 g/mol. The molecule has 2 aromatic carbocycles. The molecule has 4 rings (SSSR count). The highest BCUT2D eigenvalue weighted by molar-refractivity contribution is 5.72. The van der Waals surface area contributed by atoms with Crippen molar-refractivity contribution >= 4 is 5.57 Å². The highest BCUT2D eigenvalue weighted by Gasteiger charge is 2.23. The number of ether oxygens (including phenoxy) is 1. The molecule has 30 heavy (non-hydrogen) atoms. The van der Waals surface area contributed by atoms with Crippen molar-refractivity contribution < 1.29 is 14.2 Å². The second-order valence-electron chi connectivity index (χ2n) is 8.97. The monoisotopic (exact) mass is 409 g/mol. The lowest BCUT2D eigenvalue weighted by Crippen LogP contribution is -2.26. The summed E-state index contributed by atoms with van der Waals surface area (Å²) in [7, 11) is 0. The van der Waals surface area contributed by atoms with Gasteiger partial charge < -0.3 is 9.84 Å². The molecule has 2 aromatic rings. The summed E-state index contributed by atoms with van der Waals surface area (Å²) in [6.07, 6.45) is 3.73. The molecule has 0 amide bonds. The summed E-state index contributed by atoms with van der Waals surface area (Å²) in [6, 6.07) is 13.2. The molecule has 1 fully saturated rings. The van der Waals surface area contributed by atoms with Gasteiger partial charge in [-0.05, 0) is 85.1 Å². The van der Waals surface area contributed by atoms with E-state index in [4.69, 9.17) is 4.74 Å². The van der Waals surface area contributed by atoms with Crippen LogP contribution in [0, 0.1) is 11.7 Å². The number of aryl methyl sites for hydroxylation is 1. The predicted octanol–water partition coefficient (Wildman–Crippen LogP) is 4.87. The fourth-order valence-corrected chi connectivity index (χ4v) is 4.64. The zero-order valence-corrected chi connectivity index (χ0v) is 18.0. The van der Waals surface area contributed by atoms with E-state index in [1.807, 2.05) is 12.1 Å². The predicted molar refractivity (Wildman–Crippen MR) is 119 cm³/mol. The normalized spacial score (nSPS) is 20.3. The van der Waals surface area contributed by atoms with Gasteiger partial charge >= 0.3 is 0 Å². The van der Waals surface area contributed by atoms with E-state index >= 15 is 0 Å². The number of β-amino-alcohol motifs (C(OH)–C–C–N with tert-alkyl or cyclic N) is 1. The third-order valence-corrected chi connectivity index (χ3v) is 6.40. The minimum atomic E-state index is -0.192. The number of benzene rings is 2. The maximum absolute atomic E-state index is 13.1. The fraction of sp³-hybridized carbons (Fsp3) is 0.462. The largest absolute Gasteiger partial charge is 0.493 e. The van der Waals surface area contributed by atoms with E-state index in [9.17, 15) is 9.50 Å². The first-order chi connectivity index (χ1) is 14.5. The Labute approximate surface area is 179 Å². The standard InChI is InChI=1S/C26H32FNO2/c1-18(13-20-3-7-23(27)8-4-20)17-30-25-9-10-26-19(2)22(6-5-21(26)14-25)15-28-12-11-24(29)16-28/h3-4,7-10,14,18,24,29H,5-6,11-13,15-17H2,1-2H3/t18-,24?/m1/s1. The van der Waals surface area contributed by atoms with Gasteiger partial charge in [0.15, 0.2) is 0 Å². The molecule has 1 aliphatic heterocycles. The fourth-order valence-electron chi connectivity index (χ4n) is 4.64. The van der Waals surface area contributed by atoms with Crippen LogP contribution in [0.15, 0.2) is 48.0 Å². The zero-order chi connectivity index (χ0) is 21.1. The van der Waals surface area contributed by atoms with Gasteiger partial charge in [-0.3, -0.25) is 4.90 Å². The Morgan fingerprint density at radius 3 is 2.70 bits per heavy atom. The molecule has 2 atom stereocenters. The minimum Gasteiger partial charge on any atom is -0.493 e. The van der Waals surface area contributed by atoms with Crippen molar-refractivity contribution in [1.82, 2.24) is 4.90 Å². The summed E-state index contributed by atoms with van der Waals surface area (Å²) in [4.78, 5) is 2.37. The van der Waals surface area contributed by atoms with Gasteiger partial charge in [-0.15, -0.1) is 0 Å². The third kappa shape index (κ3) is 5.11. The molecule has 1 unspecified atom stereocenters. The summed E-state index contributed by atoms with van der Waals surface area (Å²) >= 11 is 0. The van der Waals surface area contributed by atoms with Crippen molar-refractivity contribution in [2.45, 2.75) is 45.6 Å². The first-order valence-corrected chi connectivity index (χ1v) is 11.1. The Hall–Kier alpha value is -2.17. The van der Waals surface area contributed by atoms with Gasteiger partial charge in [-0.1, -0.05) is 30.7 Å². The molecular weight excluding hydrogens is 377 g/mol. The average Bonchev–Trinajstić information content (AvgIpc) is 3.15. The zero-order valence-electron chi connectivity index (χ0n) is 18.0. The molecule has 1 aliphatic carbocycles. The molecule has 160 valence electrons. The van der Waals surface area contributed by atoms with Crippen LogP contribution in [0.1, 0.15) is 43.4 Å². The number of aliphatic hydroxyl groups excluding tert-OH is 1. The van der Waals surface area contributed by atoms with Crippen molar-refractivity contribution in [3.8, 4) is 5.75 Å². The Morgan fingerprint density at radius 1 is 1.17 bits per heavy atom. The highest BCUT2D eigenvalue weighted by atomic mass is 19.1. The number of fused-ring (bicyclic) bond motifs is 1. The maximum Gasteiger partial charge on any atom is 0.123 e. The summed E-state index contributed by atoms with van der Waals surface area (Å²) in [5, 5.41) is 9.78. The smallest absolute Gasteiger partial charge is 0.123 e. The molecule has 2 aliphatic rings.